The average molecular weight is 731 g/mol. The Kier molecular flexibility index (Phi) is 21.1. The van der Waals surface area contributed by atoms with Crippen LogP contribution in [0.4, 0.5) is 0 Å². The molecule has 0 aromatic heterocycles. The lowest BCUT2D eigenvalue weighted by Crippen LogP contribution is -2.04. The van der Waals surface area contributed by atoms with Gasteiger partial charge in [0, 0.05) is 0 Å². The van der Waals surface area contributed by atoms with E-state index in [9.17, 15) is 0 Å². The Morgan fingerprint density at radius 2 is 0.642 bits per heavy atom. The molecule has 0 N–H and O–H groups in total. The van der Waals surface area contributed by atoms with Crippen molar-refractivity contribution >= 4 is 0 Å². The van der Waals surface area contributed by atoms with Gasteiger partial charge >= 0.3 is 0 Å². The number of epoxide rings is 4. The summed E-state index contributed by atoms with van der Waals surface area (Å²) in [6.07, 6.45) is 4.05. The lowest BCUT2D eigenvalue weighted by atomic mass is 9.91. The number of benzene rings is 4. The fraction of sp³-hybridized carbons (Fsp3) is 0.467. The second kappa shape index (κ2) is 25.8. The molecule has 4 saturated heterocycles. The minimum atomic E-state index is 0. The van der Waals surface area contributed by atoms with Gasteiger partial charge in [0.2, 0.25) is 0 Å². The third-order valence-electron chi connectivity index (χ3n) is 8.32. The normalized spacial score (nSPS) is 19.4. The van der Waals surface area contributed by atoms with Crippen LogP contribution in [0.25, 0.3) is 0 Å². The van der Waals surface area contributed by atoms with E-state index in [1.165, 1.54) is 12.8 Å². The van der Waals surface area contributed by atoms with Gasteiger partial charge in [0.1, 0.15) is 73.8 Å². The monoisotopic (exact) mass is 730 g/mol. The Hall–Kier alpha value is -4.08. The summed E-state index contributed by atoms with van der Waals surface area (Å²) in [6, 6.07) is 39.2. The minimum Gasteiger partial charge on any atom is -0.491 e. The molecule has 8 nitrogen and oxygen atoms in total. The number of ether oxygens (including phenoxy) is 8. The maximum Gasteiger partial charge on any atom is 0.119 e. The van der Waals surface area contributed by atoms with E-state index in [0.717, 1.165) is 61.3 Å². The molecule has 4 aliphatic heterocycles. The Morgan fingerprint density at radius 1 is 0.434 bits per heavy atom. The van der Waals surface area contributed by atoms with E-state index >= 15 is 0 Å². The summed E-state index contributed by atoms with van der Waals surface area (Å²) in [5, 5.41) is 0. The van der Waals surface area contributed by atoms with E-state index in [2.05, 4.69) is 27.7 Å². The number of hydrogen-bond acceptors (Lipinski definition) is 8. The Labute approximate surface area is 318 Å². The van der Waals surface area contributed by atoms with E-state index in [0.29, 0.717) is 50.8 Å². The maximum atomic E-state index is 5.40. The van der Waals surface area contributed by atoms with Crippen molar-refractivity contribution < 1.29 is 37.9 Å². The first-order valence-electron chi connectivity index (χ1n) is 18.7. The van der Waals surface area contributed by atoms with Gasteiger partial charge in [-0.3, -0.25) is 0 Å². The number of para-hydroxylation sites is 4. The molecule has 4 heterocycles. The lowest BCUT2D eigenvalue weighted by molar-refractivity contribution is 0.263. The van der Waals surface area contributed by atoms with Crippen molar-refractivity contribution in [2.24, 2.45) is 11.8 Å². The van der Waals surface area contributed by atoms with Crippen LogP contribution < -0.4 is 18.9 Å². The molecule has 4 fully saturated rings. The zero-order chi connectivity index (χ0) is 36.6. The van der Waals surface area contributed by atoms with Crippen molar-refractivity contribution in [1.82, 2.24) is 0 Å². The minimum absolute atomic E-state index is 0. The molecule has 290 valence electrons. The van der Waals surface area contributed by atoms with Gasteiger partial charge < -0.3 is 37.9 Å². The van der Waals surface area contributed by atoms with Gasteiger partial charge in [-0.2, -0.15) is 0 Å². The molecule has 0 aliphatic carbocycles. The van der Waals surface area contributed by atoms with E-state index < -0.39 is 0 Å². The van der Waals surface area contributed by atoms with Crippen molar-refractivity contribution in [2.75, 3.05) is 52.9 Å². The average Bonchev–Trinajstić information content (AvgIpc) is 4.00. The van der Waals surface area contributed by atoms with Crippen LogP contribution in [0.1, 0.15) is 48.0 Å². The first-order valence-corrected chi connectivity index (χ1v) is 18.7. The Balaban J connectivity index is 0.000000179. The number of hydrogen-bond donors (Lipinski definition) is 0. The molecule has 0 bridgehead atoms. The third-order valence-corrected chi connectivity index (χ3v) is 8.32. The molecule has 4 aliphatic rings. The standard InChI is InChI=1S/4C9H10O2.C8H18.CH4/c4*1-2-4-8(5-3-1)10-6-9-7-11-9;1-5-8(6-2)7(3)4;/h4*1-5,9H,6-7H2;7-8H,5-6H2,1-4H3;1H4. The molecule has 8 heteroatoms. The predicted molar refractivity (Wildman–Crippen MR) is 212 cm³/mol. The van der Waals surface area contributed by atoms with Crippen LogP contribution >= 0.6 is 0 Å². The Morgan fingerprint density at radius 3 is 0.774 bits per heavy atom. The van der Waals surface area contributed by atoms with Gasteiger partial charge in [-0.15, -0.1) is 0 Å². The quantitative estimate of drug-likeness (QED) is 0.112. The van der Waals surface area contributed by atoms with E-state index in [-0.39, 0.29) is 7.43 Å². The van der Waals surface area contributed by atoms with Gasteiger partial charge in [-0.25, -0.2) is 0 Å². The molecule has 53 heavy (non-hydrogen) atoms. The maximum absolute atomic E-state index is 5.40. The third kappa shape index (κ3) is 21.9. The zero-order valence-corrected chi connectivity index (χ0v) is 31.3. The first kappa shape index (κ1) is 43.3. The Bertz CT molecular complexity index is 1200. The lowest BCUT2D eigenvalue weighted by Gasteiger charge is -2.15. The van der Waals surface area contributed by atoms with Gasteiger partial charge in [0.15, 0.2) is 0 Å². The van der Waals surface area contributed by atoms with Crippen LogP contribution in [0.5, 0.6) is 23.0 Å². The highest BCUT2D eigenvalue weighted by atomic mass is 16.6. The van der Waals surface area contributed by atoms with E-state index in [1.54, 1.807) is 0 Å². The van der Waals surface area contributed by atoms with Crippen LogP contribution in [0.3, 0.4) is 0 Å². The van der Waals surface area contributed by atoms with Crippen molar-refractivity contribution in [3.05, 3.63) is 121 Å². The molecular formula is C45H62O8. The molecular weight excluding hydrogens is 668 g/mol. The van der Waals surface area contributed by atoms with Crippen molar-refractivity contribution in [3.8, 4) is 23.0 Å². The zero-order valence-electron chi connectivity index (χ0n) is 31.3. The topological polar surface area (TPSA) is 87.0 Å². The molecule has 0 spiro atoms. The smallest absolute Gasteiger partial charge is 0.119 e. The first-order chi connectivity index (χ1) is 25.5. The van der Waals surface area contributed by atoms with Crippen LogP contribution in [-0.2, 0) is 18.9 Å². The van der Waals surface area contributed by atoms with Crippen molar-refractivity contribution in [1.29, 1.82) is 0 Å². The molecule has 4 atom stereocenters. The molecule has 0 saturated carbocycles. The van der Waals surface area contributed by atoms with Gasteiger partial charge in [-0.1, -0.05) is 121 Å². The molecule has 4 aromatic carbocycles. The van der Waals surface area contributed by atoms with Crippen molar-refractivity contribution in [3.63, 3.8) is 0 Å². The van der Waals surface area contributed by atoms with E-state index in [1.807, 2.05) is 121 Å². The predicted octanol–water partition coefficient (Wildman–Crippen LogP) is 9.57. The highest BCUT2D eigenvalue weighted by molar-refractivity contribution is 5.23. The molecule has 0 amide bonds. The fourth-order valence-corrected chi connectivity index (χ4v) is 4.71. The van der Waals surface area contributed by atoms with Gasteiger partial charge in [-0.05, 0) is 60.4 Å². The van der Waals surface area contributed by atoms with Crippen LogP contribution in [0.2, 0.25) is 0 Å². The molecule has 4 unspecified atom stereocenters. The summed E-state index contributed by atoms with van der Waals surface area (Å²) < 4.78 is 41.6. The van der Waals surface area contributed by atoms with Crippen LogP contribution in [-0.4, -0.2) is 77.3 Å². The molecule has 4 aromatic rings. The number of rotatable bonds is 15. The van der Waals surface area contributed by atoms with Gasteiger partial charge in [0.25, 0.3) is 0 Å². The fourth-order valence-electron chi connectivity index (χ4n) is 4.71. The summed E-state index contributed by atoms with van der Waals surface area (Å²) in [7, 11) is 0. The van der Waals surface area contributed by atoms with Crippen LogP contribution in [0.15, 0.2) is 121 Å². The summed E-state index contributed by atoms with van der Waals surface area (Å²) in [4.78, 5) is 0. The summed E-state index contributed by atoms with van der Waals surface area (Å²) in [5.74, 6) is 5.51. The second-order valence-electron chi connectivity index (χ2n) is 13.1. The summed E-state index contributed by atoms with van der Waals surface area (Å²) >= 11 is 0. The second-order valence-corrected chi connectivity index (χ2v) is 13.1. The molecule has 0 radical (unpaired) electrons. The van der Waals surface area contributed by atoms with Gasteiger partial charge in [0.05, 0.1) is 26.4 Å². The van der Waals surface area contributed by atoms with E-state index in [4.69, 9.17) is 37.9 Å². The SMILES string of the molecule is C.CCC(CC)C(C)C.c1ccc(OCC2CO2)cc1.c1ccc(OCC2CO2)cc1.c1ccc(OCC2CO2)cc1.c1ccc(OCC2CO2)cc1. The highest BCUT2D eigenvalue weighted by Gasteiger charge is 2.24. The largest absolute Gasteiger partial charge is 0.491 e. The van der Waals surface area contributed by atoms with Crippen LogP contribution in [0, 0.1) is 11.8 Å². The highest BCUT2D eigenvalue weighted by Crippen LogP contribution is 2.18. The summed E-state index contributed by atoms with van der Waals surface area (Å²) in [5.41, 5.74) is 0. The summed E-state index contributed by atoms with van der Waals surface area (Å²) in [6.45, 7) is 15.3. The van der Waals surface area contributed by atoms with Crippen molar-refractivity contribution in [2.45, 2.75) is 72.4 Å². The molecule has 8 rings (SSSR count).